The minimum Gasteiger partial charge on any atom is -0.464 e. The van der Waals surface area contributed by atoms with Gasteiger partial charge in [-0.3, -0.25) is 4.18 Å². The van der Waals surface area contributed by atoms with Crippen molar-refractivity contribution in [2.75, 3.05) is 13.7 Å². The highest BCUT2D eigenvalue weighted by Gasteiger charge is 2.14. The van der Waals surface area contributed by atoms with Crippen LogP contribution < -0.4 is 0 Å². The summed E-state index contributed by atoms with van der Waals surface area (Å²) in [5.41, 5.74) is 2.26. The second-order valence-electron chi connectivity index (χ2n) is 5.49. The highest BCUT2D eigenvalue weighted by Crippen LogP contribution is 2.13. The van der Waals surface area contributed by atoms with Crippen LogP contribution in [0.25, 0.3) is 0 Å². The van der Waals surface area contributed by atoms with Gasteiger partial charge in [0.1, 0.15) is 5.69 Å². The zero-order valence-electron chi connectivity index (χ0n) is 14.8. The summed E-state index contributed by atoms with van der Waals surface area (Å²) < 4.78 is 33.7. The third-order valence-corrected chi connectivity index (χ3v) is 4.79. The average molecular weight is 373 g/mol. The molecule has 0 aliphatic carbocycles. The number of hydrogen-bond donors (Lipinski definition) is 0. The van der Waals surface area contributed by atoms with Gasteiger partial charge in [-0.05, 0) is 43.5 Å². The lowest BCUT2D eigenvalue weighted by Crippen LogP contribution is -2.08. The Morgan fingerprint density at radius 3 is 2.46 bits per heavy atom. The van der Waals surface area contributed by atoms with Gasteiger partial charge in [0.05, 0.1) is 18.6 Å². The maximum Gasteiger partial charge on any atom is 0.356 e. The van der Waals surface area contributed by atoms with E-state index in [1.165, 1.54) is 19.2 Å². The number of methoxy groups -OCH3 is 1. The molecular weight excluding hydrogens is 354 g/mol. The highest BCUT2D eigenvalue weighted by atomic mass is 32.2. The first-order chi connectivity index (χ1) is 12.3. The molecule has 0 saturated heterocycles. The summed E-state index contributed by atoms with van der Waals surface area (Å²) in [5, 5.41) is 0. The number of aryl methyl sites for hydroxylation is 2. The van der Waals surface area contributed by atoms with E-state index in [0.717, 1.165) is 5.56 Å². The van der Waals surface area contributed by atoms with Gasteiger partial charge in [0, 0.05) is 6.42 Å². The number of ether oxygens (including phenoxy) is 1. The Morgan fingerprint density at radius 1 is 1.12 bits per heavy atom. The van der Waals surface area contributed by atoms with Crippen LogP contribution >= 0.6 is 0 Å². The van der Waals surface area contributed by atoms with Crippen LogP contribution in [0.2, 0.25) is 0 Å². The molecule has 0 radical (unpaired) electrons. The van der Waals surface area contributed by atoms with Crippen molar-refractivity contribution >= 4 is 16.1 Å². The van der Waals surface area contributed by atoms with Crippen LogP contribution in [0.3, 0.4) is 0 Å². The molecule has 2 aromatic rings. The average Bonchev–Trinajstić information content (AvgIpc) is 2.62. The lowest BCUT2D eigenvalue weighted by atomic mass is 10.2. The Labute approximate surface area is 153 Å². The minimum absolute atomic E-state index is 0.0705. The van der Waals surface area contributed by atoms with Gasteiger partial charge in [0.2, 0.25) is 0 Å². The highest BCUT2D eigenvalue weighted by molar-refractivity contribution is 7.86. The number of esters is 1. The van der Waals surface area contributed by atoms with Crippen LogP contribution in [0, 0.1) is 25.7 Å². The second kappa shape index (κ2) is 8.61. The smallest absolute Gasteiger partial charge is 0.356 e. The van der Waals surface area contributed by atoms with Crippen molar-refractivity contribution in [3.8, 4) is 11.8 Å². The van der Waals surface area contributed by atoms with Crippen molar-refractivity contribution in [3.05, 3.63) is 58.9 Å². The standard InChI is InChI=1S/C19H19NO5S/c1-14-7-11-17(12-8-14)26(22,23)25-13-5-4-6-16-10-9-15(2)18(20-16)19(21)24-3/h7-12H,5,13H2,1-3H3. The normalized spacial score (nSPS) is 10.7. The summed E-state index contributed by atoms with van der Waals surface area (Å²) in [6.45, 7) is 3.55. The van der Waals surface area contributed by atoms with E-state index in [-0.39, 0.29) is 23.6 Å². The zero-order chi connectivity index (χ0) is 19.2. The molecule has 0 N–H and O–H groups in total. The Morgan fingerprint density at radius 2 is 1.81 bits per heavy atom. The second-order valence-corrected chi connectivity index (χ2v) is 7.11. The summed E-state index contributed by atoms with van der Waals surface area (Å²) >= 11 is 0. The van der Waals surface area contributed by atoms with Crippen LogP contribution in [0.5, 0.6) is 0 Å². The molecule has 26 heavy (non-hydrogen) atoms. The first-order valence-corrected chi connectivity index (χ1v) is 9.25. The molecule has 0 aliphatic rings. The molecule has 0 aliphatic heterocycles. The zero-order valence-corrected chi connectivity index (χ0v) is 15.6. The van der Waals surface area contributed by atoms with Crippen LogP contribution in [-0.4, -0.2) is 33.1 Å². The van der Waals surface area contributed by atoms with E-state index in [0.29, 0.717) is 11.3 Å². The van der Waals surface area contributed by atoms with Crippen LogP contribution in [0.15, 0.2) is 41.3 Å². The van der Waals surface area contributed by atoms with E-state index in [4.69, 9.17) is 4.18 Å². The molecule has 1 aromatic carbocycles. The van der Waals surface area contributed by atoms with Gasteiger partial charge in [-0.15, -0.1) is 0 Å². The van der Waals surface area contributed by atoms with Crippen LogP contribution in [0.1, 0.15) is 33.7 Å². The number of aromatic nitrogens is 1. The summed E-state index contributed by atoms with van der Waals surface area (Å²) in [6.07, 6.45) is 0.203. The molecule has 0 spiro atoms. The number of nitrogens with zero attached hydrogens (tertiary/aromatic N) is 1. The number of carbonyl (C=O) groups is 1. The first kappa shape index (κ1) is 19.6. The van der Waals surface area contributed by atoms with Crippen LogP contribution in [-0.2, 0) is 19.0 Å². The topological polar surface area (TPSA) is 82.6 Å². The fraction of sp³-hybridized carbons (Fsp3) is 0.263. The lowest BCUT2D eigenvalue weighted by Gasteiger charge is -2.04. The molecule has 0 fully saturated rings. The Balaban J connectivity index is 1.97. The van der Waals surface area contributed by atoms with E-state index >= 15 is 0 Å². The SMILES string of the molecule is COC(=O)c1nc(C#CCCOS(=O)(=O)c2ccc(C)cc2)ccc1C. The van der Waals surface area contributed by atoms with E-state index in [2.05, 4.69) is 21.6 Å². The molecule has 0 bridgehead atoms. The van der Waals surface area contributed by atoms with Gasteiger partial charge in [-0.25, -0.2) is 9.78 Å². The van der Waals surface area contributed by atoms with E-state index in [1.807, 2.05) is 6.92 Å². The Kier molecular flexibility index (Phi) is 6.50. The van der Waals surface area contributed by atoms with E-state index in [9.17, 15) is 13.2 Å². The number of rotatable bonds is 5. The maximum atomic E-state index is 12.0. The van der Waals surface area contributed by atoms with Crippen molar-refractivity contribution < 1.29 is 22.1 Å². The van der Waals surface area contributed by atoms with Gasteiger partial charge >= 0.3 is 5.97 Å². The largest absolute Gasteiger partial charge is 0.464 e. The van der Waals surface area contributed by atoms with Crippen molar-refractivity contribution in [1.82, 2.24) is 4.98 Å². The van der Waals surface area contributed by atoms with E-state index in [1.54, 1.807) is 31.2 Å². The van der Waals surface area contributed by atoms with Crippen molar-refractivity contribution in [3.63, 3.8) is 0 Å². The molecule has 0 amide bonds. The number of hydrogen-bond acceptors (Lipinski definition) is 6. The van der Waals surface area contributed by atoms with Gasteiger partial charge in [-0.2, -0.15) is 8.42 Å². The molecule has 2 rings (SSSR count). The third kappa shape index (κ3) is 5.15. The molecule has 1 heterocycles. The van der Waals surface area contributed by atoms with Crippen LogP contribution in [0.4, 0.5) is 0 Å². The number of benzene rings is 1. The number of pyridine rings is 1. The summed E-state index contributed by atoms with van der Waals surface area (Å²) in [7, 11) is -2.51. The maximum absolute atomic E-state index is 12.0. The van der Waals surface area contributed by atoms with E-state index < -0.39 is 16.1 Å². The minimum atomic E-state index is -3.79. The Hall–Kier alpha value is -2.69. The fourth-order valence-corrected chi connectivity index (χ4v) is 2.94. The van der Waals surface area contributed by atoms with Gasteiger partial charge in [0.25, 0.3) is 10.1 Å². The predicted octanol–water partition coefficient (Wildman–Crippen LogP) is 2.63. The number of carbonyl (C=O) groups excluding carboxylic acids is 1. The molecule has 0 unspecified atom stereocenters. The molecule has 0 atom stereocenters. The lowest BCUT2D eigenvalue weighted by molar-refractivity contribution is 0.0593. The summed E-state index contributed by atoms with van der Waals surface area (Å²) in [5.74, 6) is 5.04. The predicted molar refractivity (Wildman–Crippen MR) is 96.1 cm³/mol. The molecule has 136 valence electrons. The van der Waals surface area contributed by atoms with Crippen molar-refractivity contribution in [2.24, 2.45) is 0 Å². The molecular formula is C19H19NO5S. The molecule has 6 nitrogen and oxygen atoms in total. The Bertz CT molecular complexity index is 954. The third-order valence-electron chi connectivity index (χ3n) is 3.47. The summed E-state index contributed by atoms with van der Waals surface area (Å²) in [4.78, 5) is 15.9. The monoisotopic (exact) mass is 373 g/mol. The van der Waals surface area contributed by atoms with Crippen molar-refractivity contribution in [2.45, 2.75) is 25.2 Å². The fourth-order valence-electron chi connectivity index (χ4n) is 2.03. The quantitative estimate of drug-likeness (QED) is 0.347. The molecule has 7 heteroatoms. The summed E-state index contributed by atoms with van der Waals surface area (Å²) in [6, 6.07) is 9.82. The van der Waals surface area contributed by atoms with Gasteiger partial charge < -0.3 is 4.74 Å². The first-order valence-electron chi connectivity index (χ1n) is 7.84. The van der Waals surface area contributed by atoms with Crippen molar-refractivity contribution in [1.29, 1.82) is 0 Å². The van der Waals surface area contributed by atoms with Gasteiger partial charge in [0.15, 0.2) is 5.69 Å². The molecule has 0 saturated carbocycles. The molecule has 1 aromatic heterocycles. The van der Waals surface area contributed by atoms with Gasteiger partial charge in [-0.1, -0.05) is 29.7 Å².